The summed E-state index contributed by atoms with van der Waals surface area (Å²) in [5, 5.41) is 29.3. The van der Waals surface area contributed by atoms with E-state index in [-0.39, 0.29) is 0 Å². The average molecular weight is 442 g/mol. The monoisotopic (exact) mass is 441 g/mol. The maximum absolute atomic E-state index is 10.2. The van der Waals surface area contributed by atoms with E-state index in [0.29, 0.717) is 36.6 Å². The smallest absolute Gasteiger partial charge is 0.414 e. The predicted molar refractivity (Wildman–Crippen MR) is 113 cm³/mol. The van der Waals surface area contributed by atoms with E-state index >= 15 is 0 Å². The van der Waals surface area contributed by atoms with Crippen LogP contribution < -0.4 is 5.32 Å². The van der Waals surface area contributed by atoms with Gasteiger partial charge in [-0.15, -0.1) is 0 Å². The van der Waals surface area contributed by atoms with E-state index in [1.807, 2.05) is 24.3 Å². The second kappa shape index (κ2) is 10.1. The van der Waals surface area contributed by atoms with Crippen LogP contribution in [0, 0.1) is 16.7 Å². The first-order valence-electron chi connectivity index (χ1n) is 10.2. The highest BCUT2D eigenvalue weighted by atomic mass is 35.5. The van der Waals surface area contributed by atoms with Crippen molar-refractivity contribution in [1.82, 2.24) is 5.32 Å². The Morgan fingerprint density at radius 3 is 2.27 bits per heavy atom. The molecule has 2 fully saturated rings. The van der Waals surface area contributed by atoms with Gasteiger partial charge in [0, 0.05) is 17.6 Å². The van der Waals surface area contributed by atoms with Gasteiger partial charge < -0.3 is 25.4 Å². The second-order valence-corrected chi connectivity index (χ2v) is 9.41. The number of aliphatic carboxylic acids is 2. The van der Waals surface area contributed by atoms with Crippen molar-refractivity contribution >= 4 is 23.5 Å². The number of aliphatic hydroxyl groups is 1. The van der Waals surface area contributed by atoms with Gasteiger partial charge in [0.1, 0.15) is 0 Å². The molecular formula is C22H32ClNO6. The number of carboxylic acids is 2. The highest BCUT2D eigenvalue weighted by Crippen LogP contribution is 2.65. The molecule has 2 saturated carbocycles. The van der Waals surface area contributed by atoms with Gasteiger partial charge in [-0.25, -0.2) is 9.59 Å². The molecule has 2 aliphatic carbocycles. The third-order valence-electron chi connectivity index (χ3n) is 7.07. The standard InChI is InChI=1S/C20H30ClNO2.C2H2O4/c1-19(2)15-8-9-20(19,3)18(10-15)22-11-17(23)13-24-12-14-4-6-16(21)7-5-14;3-1(4)2(5)6/h4-7,15,17-18,22-23H,8-13H2,1-3H3;(H,3,4)(H,5,6). The Labute approximate surface area is 182 Å². The number of carboxylic acid groups (broad SMARTS) is 2. The molecule has 0 aliphatic heterocycles. The summed E-state index contributed by atoms with van der Waals surface area (Å²) in [5.74, 6) is -2.83. The van der Waals surface area contributed by atoms with Gasteiger partial charge in [-0.05, 0) is 53.7 Å². The molecule has 0 heterocycles. The lowest BCUT2D eigenvalue weighted by atomic mass is 9.69. The summed E-state index contributed by atoms with van der Waals surface area (Å²) in [4.78, 5) is 18.2. The van der Waals surface area contributed by atoms with Crippen molar-refractivity contribution in [1.29, 1.82) is 0 Å². The first-order chi connectivity index (χ1) is 14.0. The number of benzene rings is 1. The molecular weight excluding hydrogens is 410 g/mol. The normalized spacial score (nSPS) is 27.2. The zero-order chi connectivity index (χ0) is 22.5. The van der Waals surface area contributed by atoms with Gasteiger partial charge in [-0.3, -0.25) is 0 Å². The summed E-state index contributed by atoms with van der Waals surface area (Å²) in [6, 6.07) is 8.12. The number of hydrogen-bond donors (Lipinski definition) is 4. The molecule has 8 heteroatoms. The van der Waals surface area contributed by atoms with Gasteiger partial charge in [0.15, 0.2) is 0 Å². The minimum Gasteiger partial charge on any atom is -0.473 e. The SMILES string of the molecule is CC1(C)C2CCC1(C)C(NCC(O)COCc1ccc(Cl)cc1)C2.O=C(O)C(=O)O. The first-order valence-corrected chi connectivity index (χ1v) is 10.5. The van der Waals surface area contributed by atoms with Crippen LogP contribution in [0.15, 0.2) is 24.3 Å². The lowest BCUT2D eigenvalue weighted by Gasteiger charge is -2.40. The zero-order valence-electron chi connectivity index (χ0n) is 17.7. The van der Waals surface area contributed by atoms with E-state index in [1.165, 1.54) is 19.3 Å². The third-order valence-corrected chi connectivity index (χ3v) is 7.32. The summed E-state index contributed by atoms with van der Waals surface area (Å²) in [7, 11) is 0. The first kappa shape index (κ1) is 24.6. The van der Waals surface area contributed by atoms with Crippen LogP contribution in [-0.2, 0) is 20.9 Å². The fourth-order valence-electron chi connectivity index (χ4n) is 4.74. The third kappa shape index (κ3) is 5.72. The van der Waals surface area contributed by atoms with Gasteiger partial charge in [0.25, 0.3) is 0 Å². The topological polar surface area (TPSA) is 116 Å². The van der Waals surface area contributed by atoms with Crippen molar-refractivity contribution in [3.63, 3.8) is 0 Å². The number of aliphatic hydroxyl groups excluding tert-OH is 1. The second-order valence-electron chi connectivity index (χ2n) is 8.98. The molecule has 4 unspecified atom stereocenters. The number of halogens is 1. The Morgan fingerprint density at radius 2 is 1.80 bits per heavy atom. The van der Waals surface area contributed by atoms with Crippen molar-refractivity contribution in [2.45, 2.75) is 58.8 Å². The lowest BCUT2D eigenvalue weighted by Crippen LogP contribution is -2.47. The lowest BCUT2D eigenvalue weighted by molar-refractivity contribution is -0.159. The molecule has 4 atom stereocenters. The van der Waals surface area contributed by atoms with Gasteiger partial charge >= 0.3 is 11.9 Å². The van der Waals surface area contributed by atoms with Gasteiger partial charge in [0.05, 0.1) is 19.3 Å². The van der Waals surface area contributed by atoms with Crippen molar-refractivity contribution < 1.29 is 29.6 Å². The van der Waals surface area contributed by atoms with Crippen LogP contribution in [0.3, 0.4) is 0 Å². The summed E-state index contributed by atoms with van der Waals surface area (Å²) < 4.78 is 5.63. The largest absolute Gasteiger partial charge is 0.473 e. The predicted octanol–water partition coefficient (Wildman–Crippen LogP) is 3.18. The summed E-state index contributed by atoms with van der Waals surface area (Å²) in [5.41, 5.74) is 1.82. The average Bonchev–Trinajstić information content (AvgIpc) is 3.01. The van der Waals surface area contributed by atoms with Gasteiger partial charge in [-0.1, -0.05) is 44.5 Å². The quantitative estimate of drug-likeness (QED) is 0.480. The molecule has 168 valence electrons. The van der Waals surface area contributed by atoms with Crippen LogP contribution in [-0.4, -0.2) is 52.6 Å². The van der Waals surface area contributed by atoms with E-state index < -0.39 is 18.0 Å². The minimum absolute atomic E-state index is 0.349. The Balaban J connectivity index is 0.000000469. The van der Waals surface area contributed by atoms with Crippen molar-refractivity contribution in [3.8, 4) is 0 Å². The fourth-order valence-corrected chi connectivity index (χ4v) is 4.87. The van der Waals surface area contributed by atoms with E-state index in [2.05, 4.69) is 26.1 Å². The Kier molecular flexibility index (Phi) is 8.27. The molecule has 30 heavy (non-hydrogen) atoms. The Hall–Kier alpha value is -1.67. The molecule has 1 aromatic rings. The fraction of sp³-hybridized carbons (Fsp3) is 0.636. The molecule has 0 amide bonds. The molecule has 3 rings (SSSR count). The summed E-state index contributed by atoms with van der Waals surface area (Å²) in [6.07, 6.45) is 3.42. The van der Waals surface area contributed by atoms with Gasteiger partial charge in [0.2, 0.25) is 0 Å². The number of rotatable bonds is 7. The van der Waals surface area contributed by atoms with Crippen LogP contribution in [0.2, 0.25) is 5.02 Å². The Bertz CT molecular complexity index is 726. The molecule has 1 aromatic carbocycles. The van der Waals surface area contributed by atoms with E-state index in [1.54, 1.807) is 0 Å². The number of nitrogens with one attached hydrogen (secondary N) is 1. The van der Waals surface area contributed by atoms with Crippen LogP contribution in [0.25, 0.3) is 0 Å². The minimum atomic E-state index is -1.82. The number of hydrogen-bond acceptors (Lipinski definition) is 5. The molecule has 0 saturated heterocycles. The number of carbonyl (C=O) groups is 2. The molecule has 0 radical (unpaired) electrons. The maximum atomic E-state index is 10.2. The molecule has 2 bridgehead atoms. The van der Waals surface area contributed by atoms with Crippen LogP contribution in [0.1, 0.15) is 45.6 Å². The summed E-state index contributed by atoms with van der Waals surface area (Å²) in [6.45, 7) is 8.71. The number of ether oxygens (including phenoxy) is 1. The van der Waals surface area contributed by atoms with Crippen LogP contribution in [0.5, 0.6) is 0 Å². The molecule has 0 aromatic heterocycles. The maximum Gasteiger partial charge on any atom is 0.414 e. The Morgan fingerprint density at radius 1 is 1.20 bits per heavy atom. The molecule has 2 aliphatic rings. The van der Waals surface area contributed by atoms with Crippen molar-refractivity contribution in [2.75, 3.05) is 13.2 Å². The highest BCUT2D eigenvalue weighted by molar-refractivity contribution is 6.30. The van der Waals surface area contributed by atoms with Gasteiger partial charge in [-0.2, -0.15) is 0 Å². The van der Waals surface area contributed by atoms with Crippen molar-refractivity contribution in [3.05, 3.63) is 34.9 Å². The molecule has 0 spiro atoms. The van der Waals surface area contributed by atoms with E-state index in [9.17, 15) is 5.11 Å². The van der Waals surface area contributed by atoms with Crippen molar-refractivity contribution in [2.24, 2.45) is 16.7 Å². The summed E-state index contributed by atoms with van der Waals surface area (Å²) >= 11 is 5.87. The van der Waals surface area contributed by atoms with Crippen LogP contribution in [0.4, 0.5) is 0 Å². The zero-order valence-corrected chi connectivity index (χ0v) is 18.5. The number of fused-ring (bicyclic) bond motifs is 2. The highest BCUT2D eigenvalue weighted by Gasteiger charge is 2.60. The van der Waals surface area contributed by atoms with Crippen LogP contribution >= 0.6 is 11.6 Å². The van der Waals surface area contributed by atoms with E-state index in [0.717, 1.165) is 16.5 Å². The van der Waals surface area contributed by atoms with E-state index in [4.69, 9.17) is 36.1 Å². The molecule has 7 nitrogen and oxygen atoms in total. The molecule has 4 N–H and O–H groups in total.